The molecule has 2 rings (SSSR count). The molecule has 0 radical (unpaired) electrons. The predicted octanol–water partition coefficient (Wildman–Crippen LogP) is 4.48. The first-order chi connectivity index (χ1) is 7.56. The molecule has 93 valence electrons. The molecule has 2 aliphatic rings. The Labute approximate surface area is 120 Å². The van der Waals surface area contributed by atoms with Gasteiger partial charge in [-0.15, -0.1) is 12.4 Å². The summed E-state index contributed by atoms with van der Waals surface area (Å²) >= 11 is -1.94. The Morgan fingerprint density at radius 1 is 1.00 bits per heavy atom. The van der Waals surface area contributed by atoms with Crippen molar-refractivity contribution >= 4 is 20.7 Å². The standard InChI is InChI=1S/2C5H5.C3H9OSi.ClH.Zr/c2*1-2-4-5-3-1;1-5(2,3)4;;/h2*1-3H,4H2;1-3H3;1H;/q;;-1;;+1. The van der Waals surface area contributed by atoms with Crippen LogP contribution in [0.15, 0.2) is 43.0 Å². The van der Waals surface area contributed by atoms with Gasteiger partial charge in [-0.3, -0.25) is 0 Å². The van der Waals surface area contributed by atoms with Crippen LogP contribution in [0.4, 0.5) is 0 Å². The van der Waals surface area contributed by atoms with Gasteiger partial charge in [0.1, 0.15) is 0 Å². The Kier molecular flexibility index (Phi) is 5.85. The van der Waals surface area contributed by atoms with E-state index in [1.54, 1.807) is 6.56 Å². The Balaban J connectivity index is 0.00000144. The van der Waals surface area contributed by atoms with Gasteiger partial charge in [0, 0.05) is 0 Å². The normalized spacial score (nSPS) is 17.8. The zero-order valence-electron chi connectivity index (χ0n) is 10.7. The zero-order valence-corrected chi connectivity index (χ0v) is 15.0. The minimum Gasteiger partial charge on any atom is -0.147 e. The van der Waals surface area contributed by atoms with Crippen molar-refractivity contribution in [1.29, 1.82) is 0 Å². The van der Waals surface area contributed by atoms with Crippen molar-refractivity contribution in [2.24, 2.45) is 0 Å². The summed E-state index contributed by atoms with van der Waals surface area (Å²) in [5.74, 6) is 0. The summed E-state index contributed by atoms with van der Waals surface area (Å²) in [4.78, 5) is 0. The topological polar surface area (TPSA) is 9.23 Å². The molecule has 0 spiro atoms. The second kappa shape index (κ2) is 6.47. The molecule has 0 aromatic rings. The van der Waals surface area contributed by atoms with Crippen molar-refractivity contribution in [3.63, 3.8) is 0 Å². The van der Waals surface area contributed by atoms with E-state index in [-0.39, 0.29) is 12.4 Å². The van der Waals surface area contributed by atoms with Gasteiger partial charge in [0.2, 0.25) is 0 Å². The Hall–Kier alpha value is 0.310. The average Bonchev–Trinajstić information content (AvgIpc) is 2.86. The van der Waals surface area contributed by atoms with Crippen LogP contribution in [-0.2, 0) is 24.7 Å². The molecule has 17 heavy (non-hydrogen) atoms. The molecule has 0 N–H and O–H groups in total. The van der Waals surface area contributed by atoms with Crippen LogP contribution in [0, 0.1) is 0 Å². The Bertz CT molecular complexity index is 361. The molecule has 0 aromatic carbocycles. The van der Waals surface area contributed by atoms with Gasteiger partial charge in [-0.2, -0.15) is 0 Å². The maximum atomic E-state index is 6.52. The van der Waals surface area contributed by atoms with E-state index in [1.807, 2.05) is 0 Å². The summed E-state index contributed by atoms with van der Waals surface area (Å²) in [5.41, 5.74) is 0. The number of hydrogen-bond acceptors (Lipinski definition) is 1. The van der Waals surface area contributed by atoms with Crippen molar-refractivity contribution in [2.45, 2.75) is 32.5 Å². The second-order valence-electron chi connectivity index (χ2n) is 5.19. The molecule has 2 aliphatic carbocycles. The smallest absolute Gasteiger partial charge is 0.147 e. The van der Waals surface area contributed by atoms with Gasteiger partial charge in [0.25, 0.3) is 0 Å². The first kappa shape index (κ1) is 15.4. The maximum absolute atomic E-state index is 6.52. The molecular weight excluding hydrogens is 327 g/mol. The summed E-state index contributed by atoms with van der Waals surface area (Å²) in [6.45, 7) is 6.91. The van der Waals surface area contributed by atoms with E-state index >= 15 is 0 Å². The minimum atomic E-state index is -1.94. The summed E-state index contributed by atoms with van der Waals surface area (Å²) in [7, 11) is -1.41. The first-order valence-corrected chi connectivity index (χ1v) is 12.7. The molecule has 0 unspecified atom stereocenters. The van der Waals surface area contributed by atoms with Crippen molar-refractivity contribution in [2.75, 3.05) is 0 Å². The van der Waals surface area contributed by atoms with Gasteiger partial charge in [-0.05, 0) is 0 Å². The van der Waals surface area contributed by atoms with E-state index in [0.29, 0.717) is 0 Å². The number of rotatable bonds is 4. The number of halogens is 1. The monoisotopic (exact) mass is 345 g/mol. The van der Waals surface area contributed by atoms with Crippen molar-refractivity contribution in [1.82, 2.24) is 0 Å². The third kappa shape index (κ3) is 4.48. The fourth-order valence-electron chi connectivity index (χ4n) is 1.87. The van der Waals surface area contributed by atoms with Gasteiger partial charge >= 0.3 is 109 Å². The van der Waals surface area contributed by atoms with Gasteiger partial charge in [0.05, 0.1) is 0 Å². The van der Waals surface area contributed by atoms with E-state index in [4.69, 9.17) is 2.50 Å². The predicted molar refractivity (Wildman–Crippen MR) is 75.4 cm³/mol. The molecule has 0 saturated carbocycles. The Morgan fingerprint density at radius 3 is 1.76 bits per heavy atom. The average molecular weight is 347 g/mol. The summed E-state index contributed by atoms with van der Waals surface area (Å²) < 4.78 is 9.75. The molecule has 0 amide bonds. The summed E-state index contributed by atoms with van der Waals surface area (Å²) in [6.07, 6.45) is 15.8. The molecule has 0 atom stereocenters. The maximum Gasteiger partial charge on any atom is -0.147 e. The van der Waals surface area contributed by atoms with Crippen LogP contribution in [0.1, 0.15) is 12.8 Å². The molecule has 0 heterocycles. The molecule has 1 nitrogen and oxygen atoms in total. The van der Waals surface area contributed by atoms with Crippen LogP contribution in [0.25, 0.3) is 0 Å². The summed E-state index contributed by atoms with van der Waals surface area (Å²) in [5, 5.41) is 0. The fourth-order valence-corrected chi connectivity index (χ4v) is 12.9. The van der Waals surface area contributed by atoms with Gasteiger partial charge in [-0.25, -0.2) is 0 Å². The summed E-state index contributed by atoms with van der Waals surface area (Å²) in [6, 6.07) is 0. The number of hydrogen-bond donors (Lipinski definition) is 0. The quantitative estimate of drug-likeness (QED) is 0.682. The van der Waals surface area contributed by atoms with E-state index < -0.39 is 30.5 Å². The van der Waals surface area contributed by atoms with Crippen LogP contribution in [0.2, 0.25) is 19.6 Å². The molecule has 0 saturated heterocycles. The fraction of sp³-hybridized carbons (Fsp3) is 0.385. The van der Waals surface area contributed by atoms with Crippen molar-refractivity contribution < 1.29 is 24.7 Å². The zero-order chi connectivity index (χ0) is 11.6. The Morgan fingerprint density at radius 2 is 1.47 bits per heavy atom. The third-order valence-electron chi connectivity index (χ3n) is 2.53. The van der Waals surface area contributed by atoms with Crippen molar-refractivity contribution in [3.05, 3.63) is 43.0 Å². The molecule has 4 heteroatoms. The van der Waals surface area contributed by atoms with Gasteiger partial charge in [-0.1, -0.05) is 0 Å². The molecular formula is C13H20ClOSiZr. The van der Waals surface area contributed by atoms with E-state index in [0.717, 1.165) is 12.8 Å². The third-order valence-corrected chi connectivity index (χ3v) is 14.1. The second-order valence-corrected chi connectivity index (χ2v) is 15.9. The molecule has 0 aromatic heterocycles. The SMILES string of the molecule is C[Si](C)(C)[O][Zr]([C]1=CC=CC1)[C]1=CC=CC1.Cl. The van der Waals surface area contributed by atoms with Crippen LogP contribution in [0.3, 0.4) is 0 Å². The van der Waals surface area contributed by atoms with Gasteiger partial charge < -0.3 is 0 Å². The largest absolute Gasteiger partial charge is 0.147 e. The van der Waals surface area contributed by atoms with E-state index in [2.05, 4.69) is 56.1 Å². The van der Waals surface area contributed by atoms with Crippen LogP contribution < -0.4 is 0 Å². The first-order valence-electron chi connectivity index (χ1n) is 5.84. The number of allylic oxidation sites excluding steroid dienone is 8. The van der Waals surface area contributed by atoms with E-state index in [1.165, 1.54) is 0 Å². The molecule has 0 fully saturated rings. The molecule has 0 aliphatic heterocycles. The van der Waals surface area contributed by atoms with Gasteiger partial charge in [0.15, 0.2) is 0 Å². The van der Waals surface area contributed by atoms with Crippen LogP contribution in [0.5, 0.6) is 0 Å². The van der Waals surface area contributed by atoms with Crippen molar-refractivity contribution in [3.8, 4) is 0 Å². The van der Waals surface area contributed by atoms with E-state index in [9.17, 15) is 0 Å². The minimum absolute atomic E-state index is 0. The molecule has 0 bridgehead atoms. The van der Waals surface area contributed by atoms with Crippen LogP contribution >= 0.6 is 12.4 Å². The van der Waals surface area contributed by atoms with Crippen LogP contribution in [-0.4, -0.2) is 8.32 Å².